The van der Waals surface area contributed by atoms with Crippen LogP contribution in [0.25, 0.3) is 10.4 Å². The standard InChI is InChI=1S/C27H42N4O15S/c1-16(32)30-23-21(43-18(3)34)13-27(26(37)41-15-47-6,42-12-11-39-10-9-38-8-7-29-31-28)46-25(23)24(45-20(5)36)22(44-19(4)35)14-40-17(2)33/h21-25H,7-15H2,1-6H3,(H,30,32)/t21-,22+,23+,24+,25+,27-/m0/s1. The van der Waals surface area contributed by atoms with E-state index < -0.39 is 85.0 Å². The zero-order valence-corrected chi connectivity index (χ0v) is 27.9. The van der Waals surface area contributed by atoms with Crippen molar-refractivity contribution in [1.82, 2.24) is 5.32 Å². The van der Waals surface area contributed by atoms with Gasteiger partial charge in [0.15, 0.2) is 12.2 Å². The van der Waals surface area contributed by atoms with Crippen LogP contribution in [0.15, 0.2) is 5.11 Å². The van der Waals surface area contributed by atoms with Gasteiger partial charge in [-0.3, -0.25) is 24.0 Å². The molecule has 0 bridgehead atoms. The summed E-state index contributed by atoms with van der Waals surface area (Å²) in [7, 11) is 0. The molecule has 0 saturated carbocycles. The lowest BCUT2D eigenvalue weighted by Gasteiger charge is -2.48. The van der Waals surface area contributed by atoms with E-state index >= 15 is 0 Å². The highest BCUT2D eigenvalue weighted by Crippen LogP contribution is 2.37. The van der Waals surface area contributed by atoms with Gasteiger partial charge in [0, 0.05) is 46.1 Å². The maximum absolute atomic E-state index is 13.6. The van der Waals surface area contributed by atoms with Crippen molar-refractivity contribution in [2.75, 3.05) is 58.4 Å². The summed E-state index contributed by atoms with van der Waals surface area (Å²) in [5, 5.41) is 5.93. The number of amides is 1. The lowest BCUT2D eigenvalue weighted by Crippen LogP contribution is -2.69. The predicted molar refractivity (Wildman–Crippen MR) is 159 cm³/mol. The van der Waals surface area contributed by atoms with Gasteiger partial charge in [0.25, 0.3) is 5.79 Å². The summed E-state index contributed by atoms with van der Waals surface area (Å²) in [6.07, 6.45) is -5.02. The first kappa shape index (κ1) is 41.3. The third-order valence-corrected chi connectivity index (χ3v) is 6.30. The second kappa shape index (κ2) is 22.0. The zero-order valence-electron chi connectivity index (χ0n) is 27.1. The molecular formula is C27H42N4O15S. The normalized spacial score (nSPS) is 21.6. The Hall–Kier alpha value is -3.68. The molecular weight excluding hydrogens is 652 g/mol. The van der Waals surface area contributed by atoms with Crippen LogP contribution in [-0.4, -0.2) is 130 Å². The van der Waals surface area contributed by atoms with E-state index in [0.29, 0.717) is 0 Å². The van der Waals surface area contributed by atoms with Gasteiger partial charge in [-0.2, -0.15) is 0 Å². The number of carbonyl (C=O) groups excluding carboxylic acids is 6. The van der Waals surface area contributed by atoms with Crippen molar-refractivity contribution in [3.8, 4) is 0 Å². The number of hydrogen-bond acceptors (Lipinski definition) is 17. The van der Waals surface area contributed by atoms with E-state index in [1.807, 2.05) is 0 Å². The van der Waals surface area contributed by atoms with Gasteiger partial charge in [0.2, 0.25) is 5.91 Å². The quantitative estimate of drug-likeness (QED) is 0.0328. The second-order valence-electron chi connectivity index (χ2n) is 9.80. The van der Waals surface area contributed by atoms with Crippen LogP contribution in [0, 0.1) is 0 Å². The molecule has 0 aliphatic carbocycles. The van der Waals surface area contributed by atoms with Crippen molar-refractivity contribution in [2.24, 2.45) is 5.11 Å². The molecule has 0 aromatic carbocycles. The summed E-state index contributed by atoms with van der Waals surface area (Å²) in [6.45, 7) is 5.06. The van der Waals surface area contributed by atoms with Gasteiger partial charge in [-0.25, -0.2) is 4.79 Å². The van der Waals surface area contributed by atoms with Crippen LogP contribution in [0.4, 0.5) is 0 Å². The molecule has 0 radical (unpaired) electrons. The summed E-state index contributed by atoms with van der Waals surface area (Å²) < 4.78 is 49.7. The molecule has 47 heavy (non-hydrogen) atoms. The number of hydrogen-bond donors (Lipinski definition) is 1. The van der Waals surface area contributed by atoms with Gasteiger partial charge in [-0.05, 0) is 11.8 Å². The SMILES string of the molecule is CSCOC(=O)[C@]1(OCCOCCOCCN=[N+]=[N-])C[C@H](OC(C)=O)[C@@H](NC(C)=O)[C@H]([C@H](OC(C)=O)[C@@H](COC(C)=O)OC(C)=O)O1. The number of esters is 5. The number of thioether (sulfide) groups is 1. The van der Waals surface area contributed by atoms with Crippen molar-refractivity contribution in [1.29, 1.82) is 0 Å². The molecule has 0 spiro atoms. The lowest BCUT2D eigenvalue weighted by atomic mass is 9.88. The number of nitrogens with zero attached hydrogens (tertiary/aromatic N) is 3. The summed E-state index contributed by atoms with van der Waals surface area (Å²) in [4.78, 5) is 76.9. The molecule has 0 unspecified atom stereocenters. The minimum absolute atomic E-state index is 0.0887. The topological polar surface area (TPSA) is 246 Å². The van der Waals surface area contributed by atoms with Crippen LogP contribution in [0.2, 0.25) is 0 Å². The van der Waals surface area contributed by atoms with Crippen LogP contribution in [0.1, 0.15) is 41.0 Å². The first-order chi connectivity index (χ1) is 22.3. The fourth-order valence-corrected chi connectivity index (χ4v) is 4.58. The smallest absolute Gasteiger partial charge is 0.367 e. The third kappa shape index (κ3) is 15.6. The minimum Gasteiger partial charge on any atom is -0.462 e. The van der Waals surface area contributed by atoms with Crippen LogP contribution < -0.4 is 5.32 Å². The Morgan fingerprint density at radius 3 is 2.11 bits per heavy atom. The van der Waals surface area contributed by atoms with E-state index in [1.165, 1.54) is 0 Å². The van der Waals surface area contributed by atoms with E-state index in [4.69, 9.17) is 48.2 Å². The number of rotatable bonds is 21. The van der Waals surface area contributed by atoms with Crippen LogP contribution in [-0.2, 0) is 71.4 Å². The maximum Gasteiger partial charge on any atom is 0.367 e. The molecule has 1 rings (SSSR count). The molecule has 1 saturated heterocycles. The molecule has 266 valence electrons. The largest absolute Gasteiger partial charge is 0.462 e. The molecule has 1 aliphatic rings. The highest BCUT2D eigenvalue weighted by atomic mass is 32.2. The molecule has 0 aromatic rings. The molecule has 6 atom stereocenters. The highest BCUT2D eigenvalue weighted by Gasteiger charge is 2.59. The van der Waals surface area contributed by atoms with Crippen molar-refractivity contribution < 1.29 is 71.4 Å². The number of azide groups is 1. The average Bonchev–Trinajstić information content (AvgIpc) is 2.98. The number of ether oxygens (including phenoxy) is 9. The van der Waals surface area contributed by atoms with E-state index in [2.05, 4.69) is 15.3 Å². The maximum atomic E-state index is 13.6. The Balaban J connectivity index is 3.56. The van der Waals surface area contributed by atoms with Crippen LogP contribution in [0.5, 0.6) is 0 Å². The molecule has 20 heteroatoms. The number of nitrogens with one attached hydrogen (secondary N) is 1. The minimum atomic E-state index is -2.34. The number of carbonyl (C=O) groups is 6. The third-order valence-electron chi connectivity index (χ3n) is 5.95. The van der Waals surface area contributed by atoms with E-state index in [0.717, 1.165) is 46.4 Å². The predicted octanol–water partition coefficient (Wildman–Crippen LogP) is 0.558. The van der Waals surface area contributed by atoms with Gasteiger partial charge in [-0.15, -0.1) is 11.8 Å². The monoisotopic (exact) mass is 694 g/mol. The van der Waals surface area contributed by atoms with Crippen molar-refractivity contribution in [2.45, 2.75) is 77.3 Å². The Morgan fingerprint density at radius 2 is 1.55 bits per heavy atom. The van der Waals surface area contributed by atoms with E-state index in [9.17, 15) is 28.8 Å². The Morgan fingerprint density at radius 1 is 0.915 bits per heavy atom. The first-order valence-electron chi connectivity index (χ1n) is 14.3. The first-order valence-corrected chi connectivity index (χ1v) is 15.7. The molecule has 1 amide bonds. The van der Waals surface area contributed by atoms with Gasteiger partial charge in [-0.1, -0.05) is 5.11 Å². The highest BCUT2D eigenvalue weighted by molar-refractivity contribution is 7.98. The summed E-state index contributed by atoms with van der Waals surface area (Å²) >= 11 is 1.16. The van der Waals surface area contributed by atoms with Gasteiger partial charge < -0.3 is 47.9 Å². The van der Waals surface area contributed by atoms with Crippen molar-refractivity contribution in [3.05, 3.63) is 10.4 Å². The summed E-state index contributed by atoms with van der Waals surface area (Å²) in [6, 6.07) is -1.32. The lowest BCUT2D eigenvalue weighted by molar-refractivity contribution is -0.316. The van der Waals surface area contributed by atoms with E-state index in [-0.39, 0.29) is 45.5 Å². The van der Waals surface area contributed by atoms with E-state index in [1.54, 1.807) is 6.26 Å². The van der Waals surface area contributed by atoms with Crippen LogP contribution in [0.3, 0.4) is 0 Å². The summed E-state index contributed by atoms with van der Waals surface area (Å²) in [5.74, 6) is -7.48. The van der Waals surface area contributed by atoms with Gasteiger partial charge >= 0.3 is 29.8 Å². The molecule has 0 aromatic heterocycles. The molecule has 1 fully saturated rings. The van der Waals surface area contributed by atoms with Gasteiger partial charge in [0.05, 0.1) is 45.5 Å². The fourth-order valence-electron chi connectivity index (χ4n) is 4.35. The van der Waals surface area contributed by atoms with Crippen molar-refractivity contribution in [3.63, 3.8) is 0 Å². The molecule has 1 heterocycles. The fraction of sp³-hybridized carbons (Fsp3) is 0.778. The van der Waals surface area contributed by atoms with Crippen molar-refractivity contribution >= 4 is 47.5 Å². The molecule has 1 aliphatic heterocycles. The second-order valence-corrected chi connectivity index (χ2v) is 10.6. The average molecular weight is 695 g/mol. The molecule has 1 N–H and O–H groups in total. The Bertz CT molecular complexity index is 1120. The Kier molecular flexibility index (Phi) is 19.3. The summed E-state index contributed by atoms with van der Waals surface area (Å²) in [5.41, 5.74) is 8.30. The zero-order chi connectivity index (χ0) is 35.4. The van der Waals surface area contributed by atoms with Gasteiger partial charge in [0.1, 0.15) is 24.8 Å². The molecule has 19 nitrogen and oxygen atoms in total. The van der Waals surface area contributed by atoms with Crippen LogP contribution >= 0.6 is 11.8 Å². The Labute approximate surface area is 275 Å².